The average Bonchev–Trinajstić information content (AvgIpc) is 3.11. The molecule has 1 aromatic carbocycles. The summed E-state index contributed by atoms with van der Waals surface area (Å²) < 4.78 is 31.4. The van der Waals surface area contributed by atoms with E-state index >= 15 is 8.78 Å². The van der Waals surface area contributed by atoms with E-state index in [1.807, 2.05) is 20.8 Å². The third-order valence-corrected chi connectivity index (χ3v) is 4.81. The summed E-state index contributed by atoms with van der Waals surface area (Å²) in [6.45, 7) is 6.42. The van der Waals surface area contributed by atoms with Crippen molar-refractivity contribution in [2.75, 3.05) is 18.9 Å². The third kappa shape index (κ3) is 4.81. The molecular weight excluding hydrogens is 433 g/mol. The molecule has 1 atom stereocenters. The Hall–Kier alpha value is -2.47. The van der Waals surface area contributed by atoms with Crippen LogP contribution in [0.1, 0.15) is 26.3 Å². The van der Waals surface area contributed by atoms with Gasteiger partial charge in [-0.2, -0.15) is 19.6 Å². The number of nitrogens with one attached hydrogen (secondary N) is 2. The lowest BCUT2D eigenvalue weighted by Crippen LogP contribution is -2.24. The minimum atomic E-state index is -0.790. The highest BCUT2D eigenvalue weighted by Gasteiger charge is 2.25. The molecule has 6 nitrogen and oxygen atoms in total. The number of hydrogen-bond acceptors (Lipinski definition) is 5. The fourth-order valence-corrected chi connectivity index (χ4v) is 2.93. The predicted octanol–water partition coefficient (Wildman–Crippen LogP) is 4.17. The lowest BCUT2D eigenvalue weighted by Gasteiger charge is -2.22. The second-order valence-electron chi connectivity index (χ2n) is 6.92. The Morgan fingerprint density at radius 3 is 2.43 bits per heavy atom. The second kappa shape index (κ2) is 10.0. The van der Waals surface area contributed by atoms with E-state index in [9.17, 15) is 0 Å². The Morgan fingerprint density at radius 1 is 1.17 bits per heavy atom. The van der Waals surface area contributed by atoms with E-state index in [0.29, 0.717) is 12.4 Å². The molecule has 0 saturated heterocycles. The Kier molecular flexibility index (Phi) is 7.96. The number of rotatable bonds is 5. The summed E-state index contributed by atoms with van der Waals surface area (Å²) in [6.07, 6.45) is 1.31. The molecule has 2 N–H and O–H groups in total. The predicted molar refractivity (Wildman–Crippen MR) is 117 cm³/mol. The first-order valence-electron chi connectivity index (χ1n) is 9.12. The Bertz CT molecular complexity index is 1080. The smallest absolute Gasteiger partial charge is 0.255 e. The molecular formula is C20H22Cl2F2N6. The van der Waals surface area contributed by atoms with Crippen LogP contribution in [0.2, 0.25) is 5.15 Å². The number of anilines is 1. The minimum Gasteiger partial charge on any atom is -0.367 e. The highest BCUT2D eigenvalue weighted by Crippen LogP contribution is 2.38. The first-order valence-corrected chi connectivity index (χ1v) is 9.50. The third-order valence-electron chi connectivity index (χ3n) is 4.54. The molecule has 0 aliphatic heterocycles. The van der Waals surface area contributed by atoms with Gasteiger partial charge in [-0.25, -0.2) is 8.78 Å². The van der Waals surface area contributed by atoms with E-state index in [2.05, 4.69) is 37.5 Å². The molecule has 0 radical (unpaired) electrons. The molecule has 2 heterocycles. The fraction of sp³-hybridized carbons (Fsp3) is 0.350. The molecule has 10 heteroatoms. The number of benzene rings is 1. The van der Waals surface area contributed by atoms with Crippen molar-refractivity contribution in [1.29, 1.82) is 0 Å². The van der Waals surface area contributed by atoms with Crippen molar-refractivity contribution in [3.05, 3.63) is 40.8 Å². The van der Waals surface area contributed by atoms with Gasteiger partial charge in [0.15, 0.2) is 0 Å². The highest BCUT2D eigenvalue weighted by molar-refractivity contribution is 6.33. The normalized spacial score (nSPS) is 11.7. The number of halogens is 4. The van der Waals surface area contributed by atoms with Crippen molar-refractivity contribution in [1.82, 2.24) is 24.9 Å². The number of aromatic nitrogens is 4. The van der Waals surface area contributed by atoms with E-state index in [1.165, 1.54) is 23.0 Å². The fourth-order valence-electron chi connectivity index (χ4n) is 2.67. The van der Waals surface area contributed by atoms with Crippen molar-refractivity contribution in [2.45, 2.75) is 26.8 Å². The zero-order valence-electron chi connectivity index (χ0n) is 16.9. The van der Waals surface area contributed by atoms with Crippen LogP contribution >= 0.6 is 24.0 Å². The van der Waals surface area contributed by atoms with Crippen LogP contribution in [0.3, 0.4) is 0 Å². The highest BCUT2D eigenvalue weighted by atomic mass is 35.5. The minimum absolute atomic E-state index is 0. The molecule has 0 unspecified atom stereocenters. The van der Waals surface area contributed by atoms with Crippen molar-refractivity contribution in [3.8, 4) is 23.0 Å². The second-order valence-corrected chi connectivity index (χ2v) is 7.28. The van der Waals surface area contributed by atoms with Gasteiger partial charge >= 0.3 is 0 Å². The van der Waals surface area contributed by atoms with Gasteiger partial charge in [0, 0.05) is 11.6 Å². The quantitative estimate of drug-likeness (QED) is 0.447. The van der Waals surface area contributed by atoms with Crippen LogP contribution in [0.25, 0.3) is 16.9 Å². The van der Waals surface area contributed by atoms with Crippen molar-refractivity contribution in [3.63, 3.8) is 0 Å². The number of hydrogen-bond donors (Lipinski definition) is 2. The molecule has 3 rings (SSSR count). The van der Waals surface area contributed by atoms with Crippen LogP contribution in [-0.4, -0.2) is 39.2 Å². The molecule has 0 saturated carbocycles. The lowest BCUT2D eigenvalue weighted by molar-refractivity contribution is 0.556. The molecule has 0 fully saturated rings. The molecule has 0 amide bonds. The van der Waals surface area contributed by atoms with Gasteiger partial charge in [-0.15, -0.1) is 12.4 Å². The molecule has 0 bridgehead atoms. The average molecular weight is 455 g/mol. The molecule has 0 spiro atoms. The number of fused-ring (bicyclic) bond motifs is 1. The molecule has 0 aliphatic rings. The van der Waals surface area contributed by atoms with Gasteiger partial charge in [-0.05, 0) is 32.0 Å². The SMILES string of the molecule is CNCC#Cc1cc(F)c(-c2c(Cl)nc3ncnn3c2N[C@H](C)C(C)C)c(F)c1.Cl. The molecule has 30 heavy (non-hydrogen) atoms. The summed E-state index contributed by atoms with van der Waals surface area (Å²) in [4.78, 5) is 8.17. The largest absolute Gasteiger partial charge is 0.367 e. The van der Waals surface area contributed by atoms with E-state index < -0.39 is 11.6 Å². The monoisotopic (exact) mass is 454 g/mol. The maximum absolute atomic E-state index is 15.0. The van der Waals surface area contributed by atoms with Crippen LogP contribution in [0.4, 0.5) is 14.6 Å². The maximum Gasteiger partial charge on any atom is 0.255 e. The zero-order valence-corrected chi connectivity index (χ0v) is 18.5. The zero-order chi connectivity index (χ0) is 21.1. The maximum atomic E-state index is 15.0. The van der Waals surface area contributed by atoms with Crippen molar-refractivity contribution >= 4 is 35.6 Å². The van der Waals surface area contributed by atoms with Gasteiger partial charge in [-0.3, -0.25) is 0 Å². The summed E-state index contributed by atoms with van der Waals surface area (Å²) >= 11 is 6.35. The van der Waals surface area contributed by atoms with Gasteiger partial charge in [0.05, 0.1) is 17.7 Å². The first-order chi connectivity index (χ1) is 13.8. The van der Waals surface area contributed by atoms with Crippen LogP contribution in [0, 0.1) is 29.4 Å². The molecule has 0 aliphatic carbocycles. The summed E-state index contributed by atoms with van der Waals surface area (Å²) in [6, 6.07) is 2.33. The van der Waals surface area contributed by atoms with Gasteiger partial charge in [0.2, 0.25) is 0 Å². The number of nitrogens with zero attached hydrogens (tertiary/aromatic N) is 4. The van der Waals surface area contributed by atoms with E-state index in [1.54, 1.807) is 7.05 Å². The van der Waals surface area contributed by atoms with E-state index in [0.717, 1.165) is 0 Å². The first kappa shape index (κ1) is 23.8. The van der Waals surface area contributed by atoms with Gasteiger partial charge in [-0.1, -0.05) is 37.3 Å². The Balaban J connectivity index is 0.00000320. The van der Waals surface area contributed by atoms with Crippen LogP contribution in [-0.2, 0) is 0 Å². The van der Waals surface area contributed by atoms with Crippen molar-refractivity contribution < 1.29 is 8.78 Å². The summed E-state index contributed by atoms with van der Waals surface area (Å²) in [5.74, 6) is 4.72. The molecule has 2 aromatic heterocycles. The Labute approximate surface area is 184 Å². The lowest BCUT2D eigenvalue weighted by atomic mass is 10.0. The molecule has 3 aromatic rings. The van der Waals surface area contributed by atoms with E-state index in [4.69, 9.17) is 11.6 Å². The van der Waals surface area contributed by atoms with Crippen LogP contribution in [0.15, 0.2) is 18.5 Å². The van der Waals surface area contributed by atoms with Crippen LogP contribution < -0.4 is 10.6 Å². The van der Waals surface area contributed by atoms with Gasteiger partial charge < -0.3 is 10.6 Å². The topological polar surface area (TPSA) is 67.1 Å². The standard InChI is InChI=1S/C20H21ClF2N6.ClH/c1-11(2)12(3)27-19-17(18(21)28-20-25-10-26-29(19)20)16-14(22)8-13(9-15(16)23)6-5-7-24-4;/h8-12,24,27H,7H2,1-4H3;1H/t12-;/m1./s1. The molecule has 160 valence electrons. The van der Waals surface area contributed by atoms with Gasteiger partial charge in [0.25, 0.3) is 5.78 Å². The summed E-state index contributed by atoms with van der Waals surface area (Å²) in [5, 5.41) is 10.2. The summed E-state index contributed by atoms with van der Waals surface area (Å²) in [7, 11) is 1.74. The summed E-state index contributed by atoms with van der Waals surface area (Å²) in [5.41, 5.74) is 0.0226. The van der Waals surface area contributed by atoms with Crippen molar-refractivity contribution in [2.24, 2.45) is 5.92 Å². The van der Waals surface area contributed by atoms with Gasteiger partial charge in [0.1, 0.15) is 28.9 Å². The Morgan fingerprint density at radius 2 is 1.83 bits per heavy atom. The van der Waals surface area contributed by atoms with Crippen LogP contribution in [0.5, 0.6) is 0 Å². The van der Waals surface area contributed by atoms with E-state index in [-0.39, 0.29) is 52.0 Å².